The van der Waals surface area contributed by atoms with Gasteiger partial charge in [-0.2, -0.15) is 0 Å². The largest absolute Gasteiger partial charge is 0.376 e. The van der Waals surface area contributed by atoms with Crippen molar-refractivity contribution in [3.8, 4) is 0 Å². The Morgan fingerprint density at radius 1 is 1.11 bits per heavy atom. The van der Waals surface area contributed by atoms with Gasteiger partial charge < -0.3 is 10.6 Å². The highest BCUT2D eigenvalue weighted by atomic mass is 35.5. The maximum absolute atomic E-state index is 11.8. The average molecular weight is 275 g/mol. The average Bonchev–Trinajstić information content (AvgIpc) is 2.40. The summed E-state index contributed by atoms with van der Waals surface area (Å²) in [5.74, 6) is -0.0921. The van der Waals surface area contributed by atoms with E-state index in [1.165, 1.54) is 0 Å². The number of rotatable bonds is 4. The summed E-state index contributed by atoms with van der Waals surface area (Å²) in [5, 5.41) is 6.55. The smallest absolute Gasteiger partial charge is 0.243 e. The third-order valence-corrected chi connectivity index (χ3v) is 2.96. The van der Waals surface area contributed by atoms with Crippen LogP contribution in [0, 0.1) is 6.92 Å². The van der Waals surface area contributed by atoms with E-state index in [9.17, 15) is 4.79 Å². The van der Waals surface area contributed by atoms with Crippen LogP contribution >= 0.6 is 11.6 Å². The molecule has 0 aliphatic heterocycles. The van der Waals surface area contributed by atoms with Crippen molar-refractivity contribution in [3.05, 3.63) is 59.1 Å². The zero-order valence-corrected chi connectivity index (χ0v) is 11.4. The molecular weight excluding hydrogens is 260 g/mol. The maximum atomic E-state index is 11.8. The lowest BCUT2D eigenvalue weighted by molar-refractivity contribution is -0.114. The number of carbonyl (C=O) groups excluding carboxylic acids is 1. The molecule has 0 radical (unpaired) electrons. The molecule has 0 aliphatic rings. The minimum Gasteiger partial charge on any atom is -0.376 e. The fourth-order valence-electron chi connectivity index (χ4n) is 1.69. The van der Waals surface area contributed by atoms with Crippen molar-refractivity contribution < 1.29 is 4.79 Å². The van der Waals surface area contributed by atoms with E-state index in [2.05, 4.69) is 10.6 Å². The van der Waals surface area contributed by atoms with Gasteiger partial charge in [-0.15, -0.1) is 0 Å². The molecule has 0 aliphatic carbocycles. The minimum atomic E-state index is -0.0921. The van der Waals surface area contributed by atoms with Gasteiger partial charge in [0.15, 0.2) is 0 Å². The van der Waals surface area contributed by atoms with Gasteiger partial charge in [-0.05, 0) is 42.8 Å². The second kappa shape index (κ2) is 6.25. The van der Waals surface area contributed by atoms with Gasteiger partial charge in [0.2, 0.25) is 5.91 Å². The lowest BCUT2D eigenvalue weighted by Gasteiger charge is -2.09. The predicted octanol–water partition coefficient (Wildman–Crippen LogP) is 3.70. The second-order valence-electron chi connectivity index (χ2n) is 4.22. The zero-order valence-electron chi connectivity index (χ0n) is 10.6. The molecule has 0 bridgehead atoms. The standard InChI is InChI=1S/C15H15ClN2O/c1-11-4-2-3-5-14(11)17-10-15(19)18-13-8-6-12(16)7-9-13/h2-9,17H,10H2,1H3,(H,18,19). The van der Waals surface area contributed by atoms with Gasteiger partial charge in [0.1, 0.15) is 0 Å². The minimum absolute atomic E-state index is 0.0921. The van der Waals surface area contributed by atoms with E-state index in [0.29, 0.717) is 5.02 Å². The summed E-state index contributed by atoms with van der Waals surface area (Å²) in [6, 6.07) is 14.9. The summed E-state index contributed by atoms with van der Waals surface area (Å²) in [7, 11) is 0. The molecule has 0 heterocycles. The Labute approximate surface area is 117 Å². The van der Waals surface area contributed by atoms with Crippen LogP contribution in [0.4, 0.5) is 11.4 Å². The number of amides is 1. The molecule has 98 valence electrons. The van der Waals surface area contributed by atoms with E-state index in [-0.39, 0.29) is 12.5 Å². The first-order valence-corrected chi connectivity index (χ1v) is 6.38. The van der Waals surface area contributed by atoms with Gasteiger partial charge in [-0.3, -0.25) is 4.79 Å². The molecule has 0 atom stereocenters. The van der Waals surface area contributed by atoms with Crippen molar-refractivity contribution in [2.45, 2.75) is 6.92 Å². The van der Waals surface area contributed by atoms with Crippen LogP contribution in [0.3, 0.4) is 0 Å². The molecule has 0 fully saturated rings. The highest BCUT2D eigenvalue weighted by Crippen LogP contribution is 2.14. The molecule has 4 heteroatoms. The van der Waals surface area contributed by atoms with E-state index in [1.54, 1.807) is 24.3 Å². The molecular formula is C15H15ClN2O. The molecule has 0 spiro atoms. The van der Waals surface area contributed by atoms with Gasteiger partial charge in [0.05, 0.1) is 6.54 Å². The number of benzene rings is 2. The summed E-state index contributed by atoms with van der Waals surface area (Å²) < 4.78 is 0. The third-order valence-electron chi connectivity index (χ3n) is 2.71. The number of aryl methyl sites for hydroxylation is 1. The Bertz CT molecular complexity index is 567. The number of hydrogen-bond donors (Lipinski definition) is 2. The first-order valence-electron chi connectivity index (χ1n) is 6.00. The lowest BCUT2D eigenvalue weighted by atomic mass is 10.2. The second-order valence-corrected chi connectivity index (χ2v) is 4.66. The Morgan fingerprint density at radius 2 is 1.79 bits per heavy atom. The Balaban J connectivity index is 1.88. The van der Waals surface area contributed by atoms with Crippen molar-refractivity contribution >= 4 is 28.9 Å². The van der Waals surface area contributed by atoms with Gasteiger partial charge in [-0.25, -0.2) is 0 Å². The summed E-state index contributed by atoms with van der Waals surface area (Å²) in [5.41, 5.74) is 2.82. The Kier molecular flexibility index (Phi) is 4.42. The summed E-state index contributed by atoms with van der Waals surface area (Å²) >= 11 is 5.78. The molecule has 2 aromatic carbocycles. The Morgan fingerprint density at radius 3 is 2.47 bits per heavy atom. The van der Waals surface area contributed by atoms with Crippen molar-refractivity contribution in [2.24, 2.45) is 0 Å². The lowest BCUT2D eigenvalue weighted by Crippen LogP contribution is -2.21. The van der Waals surface area contributed by atoms with E-state index < -0.39 is 0 Å². The molecule has 3 nitrogen and oxygen atoms in total. The van der Waals surface area contributed by atoms with Crippen LogP contribution in [0.1, 0.15) is 5.56 Å². The maximum Gasteiger partial charge on any atom is 0.243 e. The first-order chi connectivity index (χ1) is 9.15. The fraction of sp³-hybridized carbons (Fsp3) is 0.133. The molecule has 1 amide bonds. The topological polar surface area (TPSA) is 41.1 Å². The van der Waals surface area contributed by atoms with Crippen LogP contribution in [0.5, 0.6) is 0 Å². The number of para-hydroxylation sites is 1. The van der Waals surface area contributed by atoms with Crippen molar-refractivity contribution in [1.29, 1.82) is 0 Å². The number of nitrogens with one attached hydrogen (secondary N) is 2. The first kappa shape index (κ1) is 13.4. The number of carbonyl (C=O) groups is 1. The van der Waals surface area contributed by atoms with Crippen molar-refractivity contribution in [1.82, 2.24) is 0 Å². The molecule has 2 N–H and O–H groups in total. The SMILES string of the molecule is Cc1ccccc1NCC(=O)Nc1ccc(Cl)cc1. The van der Waals surface area contributed by atoms with E-state index in [4.69, 9.17) is 11.6 Å². The molecule has 0 saturated heterocycles. The van der Waals surface area contributed by atoms with Crippen LogP contribution < -0.4 is 10.6 Å². The van der Waals surface area contributed by atoms with Crippen LogP contribution in [0.2, 0.25) is 5.02 Å². The number of hydrogen-bond acceptors (Lipinski definition) is 2. The third kappa shape index (κ3) is 4.00. The molecule has 0 unspecified atom stereocenters. The molecule has 0 aromatic heterocycles. The Hall–Kier alpha value is -2.00. The fourth-order valence-corrected chi connectivity index (χ4v) is 1.81. The summed E-state index contributed by atoms with van der Waals surface area (Å²) in [4.78, 5) is 11.8. The predicted molar refractivity (Wildman–Crippen MR) is 79.8 cm³/mol. The molecule has 2 rings (SSSR count). The molecule has 19 heavy (non-hydrogen) atoms. The van der Waals surface area contributed by atoms with Crippen LogP contribution in [-0.2, 0) is 4.79 Å². The van der Waals surface area contributed by atoms with Crippen LogP contribution in [-0.4, -0.2) is 12.5 Å². The monoisotopic (exact) mass is 274 g/mol. The number of halogens is 1. The van der Waals surface area contributed by atoms with Crippen LogP contribution in [0.25, 0.3) is 0 Å². The normalized spacial score (nSPS) is 10.0. The van der Waals surface area contributed by atoms with E-state index >= 15 is 0 Å². The highest BCUT2D eigenvalue weighted by Gasteiger charge is 2.03. The molecule has 2 aromatic rings. The van der Waals surface area contributed by atoms with Gasteiger partial charge in [-0.1, -0.05) is 29.8 Å². The molecule has 0 saturated carbocycles. The number of anilines is 2. The zero-order chi connectivity index (χ0) is 13.7. The van der Waals surface area contributed by atoms with E-state index in [0.717, 1.165) is 16.9 Å². The van der Waals surface area contributed by atoms with Crippen molar-refractivity contribution in [3.63, 3.8) is 0 Å². The highest BCUT2D eigenvalue weighted by molar-refractivity contribution is 6.30. The summed E-state index contributed by atoms with van der Waals surface area (Å²) in [6.07, 6.45) is 0. The van der Waals surface area contributed by atoms with E-state index in [1.807, 2.05) is 31.2 Å². The summed E-state index contributed by atoms with van der Waals surface area (Å²) in [6.45, 7) is 2.23. The van der Waals surface area contributed by atoms with Crippen molar-refractivity contribution in [2.75, 3.05) is 17.2 Å². The quantitative estimate of drug-likeness (QED) is 0.893. The van der Waals surface area contributed by atoms with Gasteiger partial charge in [0, 0.05) is 16.4 Å². The van der Waals surface area contributed by atoms with Gasteiger partial charge in [0.25, 0.3) is 0 Å². The van der Waals surface area contributed by atoms with Crippen LogP contribution in [0.15, 0.2) is 48.5 Å². The van der Waals surface area contributed by atoms with Gasteiger partial charge >= 0.3 is 0 Å².